The maximum absolute atomic E-state index is 12.0. The molecule has 2 aromatic carbocycles. The number of hydrogen-bond acceptors (Lipinski definition) is 4. The summed E-state index contributed by atoms with van der Waals surface area (Å²) in [7, 11) is 3.36. The summed E-state index contributed by atoms with van der Waals surface area (Å²) in [4.78, 5) is 26.0. The van der Waals surface area contributed by atoms with E-state index in [1.165, 1.54) is 22.2 Å². The quantitative estimate of drug-likeness (QED) is 0.772. The third kappa shape index (κ3) is 6.51. The molecule has 0 bridgehead atoms. The van der Waals surface area contributed by atoms with Gasteiger partial charge in [-0.1, -0.05) is 17.7 Å². The SMILES string of the molecule is Cc1ccc(SCC(=O)Nc2ccc(OCC(=O)N(C)C)cc2)cc1. The molecule has 2 aromatic rings. The van der Waals surface area contributed by atoms with Gasteiger partial charge in [0.15, 0.2) is 6.61 Å². The first-order chi connectivity index (χ1) is 11.9. The van der Waals surface area contributed by atoms with Gasteiger partial charge >= 0.3 is 0 Å². The number of ether oxygens (including phenoxy) is 1. The van der Waals surface area contributed by atoms with Crippen molar-refractivity contribution in [1.82, 2.24) is 4.90 Å². The minimum atomic E-state index is -0.106. The van der Waals surface area contributed by atoms with Crippen LogP contribution in [0.2, 0.25) is 0 Å². The lowest BCUT2D eigenvalue weighted by Gasteiger charge is -2.11. The Morgan fingerprint density at radius 2 is 1.68 bits per heavy atom. The highest BCUT2D eigenvalue weighted by atomic mass is 32.2. The molecule has 0 unspecified atom stereocenters. The Kier molecular flexibility index (Phi) is 6.89. The Bertz CT molecular complexity index is 712. The van der Waals surface area contributed by atoms with Crippen molar-refractivity contribution in [1.29, 1.82) is 0 Å². The van der Waals surface area contributed by atoms with Gasteiger partial charge in [0.1, 0.15) is 5.75 Å². The molecule has 1 N–H and O–H groups in total. The third-order valence-electron chi connectivity index (χ3n) is 3.39. The smallest absolute Gasteiger partial charge is 0.259 e. The van der Waals surface area contributed by atoms with Crippen LogP contribution in [-0.4, -0.2) is 43.2 Å². The van der Waals surface area contributed by atoms with Crippen LogP contribution in [0.1, 0.15) is 5.56 Å². The highest BCUT2D eigenvalue weighted by molar-refractivity contribution is 8.00. The van der Waals surface area contributed by atoms with Crippen molar-refractivity contribution in [2.75, 3.05) is 31.8 Å². The van der Waals surface area contributed by atoms with Crippen molar-refractivity contribution in [2.24, 2.45) is 0 Å². The normalized spacial score (nSPS) is 10.2. The lowest BCUT2D eigenvalue weighted by Crippen LogP contribution is -2.27. The molecule has 25 heavy (non-hydrogen) atoms. The van der Waals surface area contributed by atoms with E-state index in [0.29, 0.717) is 17.2 Å². The van der Waals surface area contributed by atoms with Gasteiger partial charge in [0, 0.05) is 24.7 Å². The molecule has 0 aliphatic rings. The van der Waals surface area contributed by atoms with E-state index < -0.39 is 0 Å². The van der Waals surface area contributed by atoms with Crippen molar-refractivity contribution in [2.45, 2.75) is 11.8 Å². The average molecular weight is 358 g/mol. The van der Waals surface area contributed by atoms with Crippen LogP contribution in [0.3, 0.4) is 0 Å². The maximum Gasteiger partial charge on any atom is 0.259 e. The number of likely N-dealkylation sites (N-methyl/N-ethyl adjacent to an activating group) is 1. The van der Waals surface area contributed by atoms with Crippen molar-refractivity contribution in [3.05, 3.63) is 54.1 Å². The number of aryl methyl sites for hydroxylation is 1. The van der Waals surface area contributed by atoms with Gasteiger partial charge < -0.3 is 15.0 Å². The number of benzene rings is 2. The van der Waals surface area contributed by atoms with E-state index in [-0.39, 0.29) is 18.4 Å². The fraction of sp³-hybridized carbons (Fsp3) is 0.263. The zero-order valence-electron chi connectivity index (χ0n) is 14.6. The second kappa shape index (κ2) is 9.13. The van der Waals surface area contributed by atoms with Crippen LogP contribution in [0.15, 0.2) is 53.4 Å². The van der Waals surface area contributed by atoms with Gasteiger partial charge in [-0.25, -0.2) is 0 Å². The Morgan fingerprint density at radius 3 is 2.28 bits per heavy atom. The fourth-order valence-corrected chi connectivity index (χ4v) is 2.59. The first-order valence-corrected chi connectivity index (χ1v) is 8.85. The second-order valence-electron chi connectivity index (χ2n) is 5.75. The molecule has 0 fully saturated rings. The largest absolute Gasteiger partial charge is 0.484 e. The Hall–Kier alpha value is -2.47. The number of rotatable bonds is 7. The predicted molar refractivity (Wildman–Crippen MR) is 101 cm³/mol. The van der Waals surface area contributed by atoms with E-state index in [1.54, 1.807) is 38.4 Å². The van der Waals surface area contributed by atoms with Crippen molar-refractivity contribution in [3.8, 4) is 5.75 Å². The highest BCUT2D eigenvalue weighted by Gasteiger charge is 2.06. The van der Waals surface area contributed by atoms with Gasteiger partial charge in [-0.05, 0) is 43.3 Å². The molecular weight excluding hydrogens is 336 g/mol. The summed E-state index contributed by atoms with van der Waals surface area (Å²) in [5.41, 5.74) is 1.89. The Labute approximate surface area is 152 Å². The number of nitrogens with one attached hydrogen (secondary N) is 1. The molecule has 2 amide bonds. The summed E-state index contributed by atoms with van der Waals surface area (Å²) >= 11 is 1.49. The Morgan fingerprint density at radius 1 is 1.04 bits per heavy atom. The van der Waals surface area contributed by atoms with E-state index >= 15 is 0 Å². The number of nitrogens with zero attached hydrogens (tertiary/aromatic N) is 1. The molecule has 0 saturated heterocycles. The molecule has 0 saturated carbocycles. The van der Waals surface area contributed by atoms with Crippen molar-refractivity contribution in [3.63, 3.8) is 0 Å². The van der Waals surface area contributed by atoms with Crippen molar-refractivity contribution >= 4 is 29.3 Å². The van der Waals surface area contributed by atoms with Crippen LogP contribution < -0.4 is 10.1 Å². The molecule has 0 atom stereocenters. The average Bonchev–Trinajstić information content (AvgIpc) is 2.60. The third-order valence-corrected chi connectivity index (χ3v) is 4.40. The lowest BCUT2D eigenvalue weighted by molar-refractivity contribution is -0.130. The standard InChI is InChI=1S/C19H22N2O3S/c1-14-4-10-17(11-5-14)25-13-18(22)20-15-6-8-16(9-7-15)24-12-19(23)21(2)3/h4-11H,12-13H2,1-3H3,(H,20,22). The molecule has 0 radical (unpaired) electrons. The second-order valence-corrected chi connectivity index (χ2v) is 6.80. The zero-order valence-corrected chi connectivity index (χ0v) is 15.4. The van der Waals surface area contributed by atoms with Gasteiger partial charge in [-0.2, -0.15) is 0 Å². The predicted octanol–water partition coefficient (Wildman–Crippen LogP) is 3.19. The summed E-state index contributed by atoms with van der Waals surface area (Å²) in [5, 5.41) is 2.84. The molecular formula is C19H22N2O3S. The molecule has 0 aliphatic carbocycles. The summed E-state index contributed by atoms with van der Waals surface area (Å²) in [6.45, 7) is 2.02. The number of carbonyl (C=O) groups excluding carboxylic acids is 2. The highest BCUT2D eigenvalue weighted by Crippen LogP contribution is 2.19. The zero-order chi connectivity index (χ0) is 18.2. The summed E-state index contributed by atoms with van der Waals surface area (Å²) in [6.07, 6.45) is 0. The van der Waals surface area contributed by atoms with E-state index in [0.717, 1.165) is 4.90 Å². The number of carbonyl (C=O) groups is 2. The van der Waals surface area contributed by atoms with E-state index in [4.69, 9.17) is 4.74 Å². The van der Waals surface area contributed by atoms with E-state index in [2.05, 4.69) is 5.32 Å². The lowest BCUT2D eigenvalue weighted by atomic mass is 10.2. The molecule has 0 aromatic heterocycles. The summed E-state index contributed by atoms with van der Waals surface area (Å²) < 4.78 is 5.40. The molecule has 0 aliphatic heterocycles. The monoisotopic (exact) mass is 358 g/mol. The van der Waals surface area contributed by atoms with Crippen LogP contribution >= 0.6 is 11.8 Å². The molecule has 5 nitrogen and oxygen atoms in total. The van der Waals surface area contributed by atoms with Crippen LogP contribution in [0, 0.1) is 6.92 Å². The van der Waals surface area contributed by atoms with Crippen LogP contribution in [0.5, 0.6) is 5.75 Å². The van der Waals surface area contributed by atoms with Crippen molar-refractivity contribution < 1.29 is 14.3 Å². The fourth-order valence-electron chi connectivity index (χ4n) is 1.89. The number of thioether (sulfide) groups is 1. The number of hydrogen-bond donors (Lipinski definition) is 1. The Balaban J connectivity index is 1.78. The first kappa shape index (κ1) is 18.9. The van der Waals surface area contributed by atoms with Crippen LogP contribution in [0.25, 0.3) is 0 Å². The summed E-state index contributed by atoms with van der Waals surface area (Å²) in [5.74, 6) is 0.758. The molecule has 2 rings (SSSR count). The van der Waals surface area contributed by atoms with Gasteiger partial charge in [0.25, 0.3) is 5.91 Å². The minimum Gasteiger partial charge on any atom is -0.484 e. The van der Waals surface area contributed by atoms with Crippen LogP contribution in [-0.2, 0) is 9.59 Å². The minimum absolute atomic E-state index is 0.00804. The van der Waals surface area contributed by atoms with Gasteiger partial charge in [-0.15, -0.1) is 11.8 Å². The molecule has 132 valence electrons. The van der Waals surface area contributed by atoms with E-state index in [9.17, 15) is 9.59 Å². The van der Waals surface area contributed by atoms with Crippen LogP contribution in [0.4, 0.5) is 5.69 Å². The molecule has 0 heterocycles. The van der Waals surface area contributed by atoms with Gasteiger partial charge in [-0.3, -0.25) is 9.59 Å². The first-order valence-electron chi connectivity index (χ1n) is 7.86. The molecule has 6 heteroatoms. The number of anilines is 1. The van der Waals surface area contributed by atoms with Gasteiger partial charge in [0.2, 0.25) is 5.91 Å². The van der Waals surface area contributed by atoms with Gasteiger partial charge in [0.05, 0.1) is 5.75 Å². The maximum atomic E-state index is 12.0. The van der Waals surface area contributed by atoms with E-state index in [1.807, 2.05) is 31.2 Å². The molecule has 0 spiro atoms. The topological polar surface area (TPSA) is 58.6 Å². The number of amides is 2. The summed E-state index contributed by atoms with van der Waals surface area (Å²) in [6, 6.07) is 15.0.